The van der Waals surface area contributed by atoms with Crippen LogP contribution in [-0.4, -0.2) is 18.2 Å². The van der Waals surface area contributed by atoms with Gasteiger partial charge in [-0.15, -0.1) is 0 Å². The summed E-state index contributed by atoms with van der Waals surface area (Å²) in [6.07, 6.45) is 4.95. The lowest BCUT2D eigenvalue weighted by Gasteiger charge is -2.15. The first-order valence-electron chi connectivity index (χ1n) is 5.76. The fourth-order valence-electron chi connectivity index (χ4n) is 2.45. The van der Waals surface area contributed by atoms with Crippen molar-refractivity contribution in [3.05, 3.63) is 27.8 Å². The second-order valence-corrected chi connectivity index (χ2v) is 4.68. The summed E-state index contributed by atoms with van der Waals surface area (Å²) in [7, 11) is 1.46. The van der Waals surface area contributed by atoms with Crippen molar-refractivity contribution < 1.29 is 14.6 Å². The molecule has 4 heteroatoms. The quantitative estimate of drug-likeness (QED) is 0.824. The topological polar surface area (TPSA) is 46.5 Å². The molecule has 0 spiro atoms. The highest BCUT2D eigenvalue weighted by Crippen LogP contribution is 2.36. The van der Waals surface area contributed by atoms with E-state index in [2.05, 4.69) is 0 Å². The third-order valence-electron chi connectivity index (χ3n) is 3.23. The fraction of sp³-hybridized carbons (Fsp3) is 0.462. The molecule has 0 unspecified atom stereocenters. The fourth-order valence-corrected chi connectivity index (χ4v) is 2.75. The average Bonchev–Trinajstić information content (AvgIpc) is 2.51. The zero-order chi connectivity index (χ0) is 12.4. The van der Waals surface area contributed by atoms with Gasteiger partial charge in [-0.1, -0.05) is 18.0 Å². The van der Waals surface area contributed by atoms with E-state index >= 15 is 0 Å². The Bertz CT molecular complexity index is 454. The molecule has 1 aliphatic rings. The van der Waals surface area contributed by atoms with Crippen LogP contribution in [0.1, 0.15) is 40.7 Å². The summed E-state index contributed by atoms with van der Waals surface area (Å²) in [5.41, 5.74) is 2.21. The highest BCUT2D eigenvalue weighted by Gasteiger charge is 2.23. The molecule has 1 N–H and O–H groups in total. The van der Waals surface area contributed by atoms with Crippen molar-refractivity contribution in [1.29, 1.82) is 0 Å². The zero-order valence-electron chi connectivity index (χ0n) is 9.75. The molecule has 1 aromatic rings. The largest absolute Gasteiger partial charge is 0.494 e. The highest BCUT2D eigenvalue weighted by molar-refractivity contribution is 6.32. The van der Waals surface area contributed by atoms with Gasteiger partial charge in [0.25, 0.3) is 0 Å². The van der Waals surface area contributed by atoms with Crippen molar-refractivity contribution in [2.75, 3.05) is 7.11 Å². The normalized spacial score (nSPS) is 14.9. The number of hydrogen-bond acceptors (Lipinski definition) is 2. The maximum atomic E-state index is 11.4. The van der Waals surface area contributed by atoms with Gasteiger partial charge in [0.1, 0.15) is 5.56 Å². The lowest BCUT2D eigenvalue weighted by atomic mass is 9.96. The summed E-state index contributed by atoms with van der Waals surface area (Å²) >= 11 is 6.08. The Labute approximate surface area is 105 Å². The van der Waals surface area contributed by atoms with Crippen LogP contribution in [0.2, 0.25) is 5.02 Å². The number of aromatic carboxylic acids is 1. The molecule has 0 radical (unpaired) electrons. The molecule has 3 nitrogen and oxygen atoms in total. The molecule has 1 aliphatic carbocycles. The van der Waals surface area contributed by atoms with Gasteiger partial charge in [-0.2, -0.15) is 0 Å². The minimum Gasteiger partial charge on any atom is -0.494 e. The molecule has 0 bridgehead atoms. The molecular formula is C13H15ClO3. The summed E-state index contributed by atoms with van der Waals surface area (Å²) in [5.74, 6) is -0.665. The van der Waals surface area contributed by atoms with Crippen LogP contribution in [0.25, 0.3) is 0 Å². The van der Waals surface area contributed by atoms with Gasteiger partial charge in [0.2, 0.25) is 0 Å². The van der Waals surface area contributed by atoms with Gasteiger partial charge in [0.15, 0.2) is 5.75 Å². The molecule has 0 heterocycles. The Balaban J connectivity index is 2.66. The molecule has 0 saturated carbocycles. The molecule has 0 atom stereocenters. The van der Waals surface area contributed by atoms with Crippen LogP contribution in [0.5, 0.6) is 5.75 Å². The minimum atomic E-state index is -0.956. The number of benzene rings is 1. The number of fused-ring (bicyclic) bond motifs is 1. The van der Waals surface area contributed by atoms with Crippen molar-refractivity contribution in [3.63, 3.8) is 0 Å². The predicted octanol–water partition coefficient (Wildman–Crippen LogP) is 3.32. The minimum absolute atomic E-state index is 0.247. The monoisotopic (exact) mass is 254 g/mol. The molecule has 0 aromatic heterocycles. The molecule has 0 amide bonds. The van der Waals surface area contributed by atoms with E-state index in [1.807, 2.05) is 6.07 Å². The Morgan fingerprint density at radius 2 is 2.06 bits per heavy atom. The van der Waals surface area contributed by atoms with E-state index in [1.165, 1.54) is 7.11 Å². The summed E-state index contributed by atoms with van der Waals surface area (Å²) in [5, 5.41) is 9.72. The summed E-state index contributed by atoms with van der Waals surface area (Å²) in [6.45, 7) is 0. The number of carbonyl (C=O) groups is 1. The standard InChI is InChI=1S/C13H15ClO3/c1-17-12-10(14)7-8-5-3-2-4-6-9(8)11(12)13(15)16/h7H,2-6H2,1H3,(H,15,16). The third-order valence-corrected chi connectivity index (χ3v) is 3.51. The molecule has 92 valence electrons. The van der Waals surface area contributed by atoms with Gasteiger partial charge in [-0.05, 0) is 42.9 Å². The van der Waals surface area contributed by atoms with E-state index in [9.17, 15) is 9.90 Å². The van der Waals surface area contributed by atoms with E-state index in [0.717, 1.165) is 43.2 Å². The van der Waals surface area contributed by atoms with Crippen LogP contribution in [-0.2, 0) is 12.8 Å². The maximum absolute atomic E-state index is 11.4. The number of hydrogen-bond donors (Lipinski definition) is 1. The number of carboxylic acids is 1. The maximum Gasteiger partial charge on any atom is 0.339 e. The smallest absolute Gasteiger partial charge is 0.339 e. The van der Waals surface area contributed by atoms with Gasteiger partial charge >= 0.3 is 5.97 Å². The first-order valence-corrected chi connectivity index (χ1v) is 6.14. The number of aryl methyl sites for hydroxylation is 1. The molecular weight excluding hydrogens is 240 g/mol. The third kappa shape index (κ3) is 2.25. The Hall–Kier alpha value is -1.22. The van der Waals surface area contributed by atoms with Crippen molar-refractivity contribution in [3.8, 4) is 5.75 Å². The van der Waals surface area contributed by atoms with Crippen LogP contribution in [0.4, 0.5) is 0 Å². The van der Waals surface area contributed by atoms with Crippen molar-refractivity contribution in [2.24, 2.45) is 0 Å². The van der Waals surface area contributed by atoms with E-state index in [-0.39, 0.29) is 5.56 Å². The summed E-state index contributed by atoms with van der Waals surface area (Å²) < 4.78 is 5.13. The Morgan fingerprint density at radius 3 is 2.71 bits per heavy atom. The Kier molecular flexibility index (Phi) is 3.57. The number of carboxylic acid groups (broad SMARTS) is 1. The molecule has 0 aliphatic heterocycles. The van der Waals surface area contributed by atoms with Crippen LogP contribution < -0.4 is 4.74 Å². The lowest BCUT2D eigenvalue weighted by molar-refractivity contribution is 0.0692. The molecule has 17 heavy (non-hydrogen) atoms. The molecule has 0 fully saturated rings. The Morgan fingerprint density at radius 1 is 1.35 bits per heavy atom. The average molecular weight is 255 g/mol. The molecule has 1 aromatic carbocycles. The van der Waals surface area contributed by atoms with Crippen molar-refractivity contribution >= 4 is 17.6 Å². The zero-order valence-corrected chi connectivity index (χ0v) is 10.5. The second-order valence-electron chi connectivity index (χ2n) is 4.27. The SMILES string of the molecule is COc1c(Cl)cc2c(c1C(=O)O)CCCCC2. The molecule has 2 rings (SSSR count). The van der Waals surface area contributed by atoms with E-state index < -0.39 is 5.97 Å². The highest BCUT2D eigenvalue weighted by atomic mass is 35.5. The van der Waals surface area contributed by atoms with E-state index in [1.54, 1.807) is 0 Å². The van der Waals surface area contributed by atoms with Crippen molar-refractivity contribution in [1.82, 2.24) is 0 Å². The van der Waals surface area contributed by atoms with Crippen molar-refractivity contribution in [2.45, 2.75) is 32.1 Å². The first-order chi connectivity index (χ1) is 8.15. The van der Waals surface area contributed by atoms with Gasteiger partial charge in [0, 0.05) is 0 Å². The second kappa shape index (κ2) is 4.96. The predicted molar refractivity (Wildman–Crippen MR) is 66.2 cm³/mol. The first kappa shape index (κ1) is 12.2. The van der Waals surface area contributed by atoms with Gasteiger partial charge < -0.3 is 9.84 Å². The van der Waals surface area contributed by atoms with Crippen LogP contribution in [0, 0.1) is 0 Å². The van der Waals surface area contributed by atoms with Gasteiger partial charge in [-0.25, -0.2) is 4.79 Å². The number of ether oxygens (including phenoxy) is 1. The van der Waals surface area contributed by atoms with Gasteiger partial charge in [-0.3, -0.25) is 0 Å². The summed E-state index contributed by atoms with van der Waals surface area (Å²) in [6, 6.07) is 1.85. The van der Waals surface area contributed by atoms with Crippen LogP contribution in [0.3, 0.4) is 0 Å². The summed E-state index contributed by atoms with van der Waals surface area (Å²) in [4.78, 5) is 11.4. The van der Waals surface area contributed by atoms with E-state index in [4.69, 9.17) is 16.3 Å². The molecule has 0 saturated heterocycles. The van der Waals surface area contributed by atoms with Crippen LogP contribution >= 0.6 is 11.6 Å². The lowest BCUT2D eigenvalue weighted by Crippen LogP contribution is -2.08. The number of methoxy groups -OCH3 is 1. The number of rotatable bonds is 2. The van der Waals surface area contributed by atoms with E-state index in [0.29, 0.717) is 10.8 Å². The number of halogens is 1. The van der Waals surface area contributed by atoms with Crippen LogP contribution in [0.15, 0.2) is 6.07 Å². The van der Waals surface area contributed by atoms with Gasteiger partial charge in [0.05, 0.1) is 12.1 Å².